The van der Waals surface area contributed by atoms with Crippen molar-refractivity contribution in [1.29, 1.82) is 0 Å². The average Bonchev–Trinajstić information content (AvgIpc) is 2.62. The highest BCUT2D eigenvalue weighted by molar-refractivity contribution is 7.89. The number of benzene rings is 1. The third kappa shape index (κ3) is 5.48. The number of hydrogen-bond donors (Lipinski definition) is 2. The fourth-order valence-electron chi connectivity index (χ4n) is 2.87. The van der Waals surface area contributed by atoms with Gasteiger partial charge in [0.15, 0.2) is 0 Å². The van der Waals surface area contributed by atoms with E-state index in [1.54, 1.807) is 0 Å². The van der Waals surface area contributed by atoms with Crippen LogP contribution in [0, 0.1) is 16.0 Å². The van der Waals surface area contributed by atoms with Crippen LogP contribution in [0.1, 0.15) is 19.3 Å². The van der Waals surface area contributed by atoms with Crippen LogP contribution in [0.4, 0.5) is 5.69 Å². The number of nitro groups is 1. The van der Waals surface area contributed by atoms with Gasteiger partial charge in [0.2, 0.25) is 15.9 Å². The number of non-ortho nitro benzene ring substituents is 1. The maximum atomic E-state index is 12.5. The molecule has 1 heterocycles. The first-order valence-electron chi connectivity index (χ1n) is 8.49. The lowest BCUT2D eigenvalue weighted by atomic mass is 9.96. The van der Waals surface area contributed by atoms with E-state index in [1.165, 1.54) is 25.2 Å². The fraction of sp³-hybridized carbons (Fsp3) is 0.562. The highest BCUT2D eigenvalue weighted by Gasteiger charge is 2.24. The molecule has 1 saturated heterocycles. The van der Waals surface area contributed by atoms with Crippen LogP contribution in [0.2, 0.25) is 0 Å². The van der Waals surface area contributed by atoms with Crippen LogP contribution in [0.25, 0.3) is 0 Å². The Labute approximate surface area is 153 Å². The Bertz CT molecular complexity index is 747. The number of sulfonamides is 1. The molecule has 1 fully saturated rings. The summed E-state index contributed by atoms with van der Waals surface area (Å²) >= 11 is 0. The monoisotopic (exact) mass is 384 g/mol. The van der Waals surface area contributed by atoms with Crippen molar-refractivity contribution < 1.29 is 18.1 Å². The molecule has 1 aliphatic rings. The number of amides is 1. The van der Waals surface area contributed by atoms with Crippen molar-refractivity contribution in [1.82, 2.24) is 14.9 Å². The molecule has 1 atom stereocenters. The van der Waals surface area contributed by atoms with Crippen molar-refractivity contribution in [3.05, 3.63) is 34.4 Å². The number of carbonyl (C=O) groups excluding carboxylic acids is 1. The van der Waals surface area contributed by atoms with E-state index < -0.39 is 20.9 Å². The summed E-state index contributed by atoms with van der Waals surface area (Å²) in [5.41, 5.74) is -0.315. The third-order valence-corrected chi connectivity index (χ3v) is 6.18. The number of nitro benzene ring substituents is 1. The van der Waals surface area contributed by atoms with Gasteiger partial charge in [-0.3, -0.25) is 14.9 Å². The Morgan fingerprint density at radius 1 is 1.46 bits per heavy atom. The molecular weight excluding hydrogens is 360 g/mol. The second kappa shape index (κ2) is 9.06. The Balaban J connectivity index is 1.88. The van der Waals surface area contributed by atoms with Crippen molar-refractivity contribution in [2.45, 2.75) is 24.2 Å². The number of carbonyl (C=O) groups is 1. The molecule has 2 rings (SSSR count). The summed E-state index contributed by atoms with van der Waals surface area (Å²) in [7, 11) is -2.70. The van der Waals surface area contributed by atoms with Crippen LogP contribution in [0.3, 0.4) is 0 Å². The predicted molar refractivity (Wildman–Crippen MR) is 96.1 cm³/mol. The van der Waals surface area contributed by atoms with Gasteiger partial charge in [0.1, 0.15) is 0 Å². The minimum absolute atomic E-state index is 0.213. The molecule has 26 heavy (non-hydrogen) atoms. The average molecular weight is 384 g/mol. The van der Waals surface area contributed by atoms with Crippen molar-refractivity contribution in [3.63, 3.8) is 0 Å². The molecule has 0 spiro atoms. The second-order valence-corrected chi connectivity index (χ2v) is 8.41. The van der Waals surface area contributed by atoms with Gasteiger partial charge in [-0.15, -0.1) is 0 Å². The number of likely N-dealkylation sites (N-methyl/N-ethyl adjacent to an activating group) is 1. The van der Waals surface area contributed by atoms with E-state index in [4.69, 9.17) is 0 Å². The summed E-state index contributed by atoms with van der Waals surface area (Å²) in [6, 6.07) is 4.77. The molecule has 1 aromatic carbocycles. The van der Waals surface area contributed by atoms with Crippen molar-refractivity contribution in [2.75, 3.05) is 33.2 Å². The van der Waals surface area contributed by atoms with Crippen molar-refractivity contribution in [3.8, 4) is 0 Å². The number of piperidine rings is 1. The molecule has 10 heteroatoms. The van der Waals surface area contributed by atoms with E-state index in [0.717, 1.165) is 42.7 Å². The molecule has 1 aromatic rings. The van der Waals surface area contributed by atoms with E-state index in [9.17, 15) is 23.3 Å². The van der Waals surface area contributed by atoms with Crippen LogP contribution in [-0.2, 0) is 14.8 Å². The lowest BCUT2D eigenvalue weighted by Gasteiger charge is -2.23. The van der Waals surface area contributed by atoms with Gasteiger partial charge in [0, 0.05) is 25.7 Å². The number of rotatable bonds is 8. The minimum atomic E-state index is -3.98. The Hall–Kier alpha value is -2.04. The van der Waals surface area contributed by atoms with Crippen LogP contribution >= 0.6 is 0 Å². The predicted octanol–water partition coefficient (Wildman–Crippen LogP) is 0.721. The smallest absolute Gasteiger partial charge is 0.270 e. The molecule has 0 bridgehead atoms. The first-order valence-corrected chi connectivity index (χ1v) is 9.93. The largest absolute Gasteiger partial charge is 0.355 e. The van der Waals surface area contributed by atoms with Gasteiger partial charge in [-0.05, 0) is 44.3 Å². The zero-order valence-corrected chi connectivity index (χ0v) is 15.5. The first-order chi connectivity index (χ1) is 12.3. The maximum Gasteiger partial charge on any atom is 0.270 e. The quantitative estimate of drug-likeness (QED) is 0.503. The van der Waals surface area contributed by atoms with E-state index in [0.29, 0.717) is 12.5 Å². The van der Waals surface area contributed by atoms with Gasteiger partial charge in [-0.2, -0.15) is 4.31 Å². The van der Waals surface area contributed by atoms with E-state index >= 15 is 0 Å². The highest BCUT2D eigenvalue weighted by Crippen LogP contribution is 2.20. The van der Waals surface area contributed by atoms with Gasteiger partial charge < -0.3 is 10.6 Å². The second-order valence-electron chi connectivity index (χ2n) is 6.37. The standard InChI is InChI=1S/C16H24N4O5S/c1-19(12-16(21)18-9-7-13-4-3-8-17-11-13)26(24,25)15-6-2-5-14(10-15)20(22)23/h2,5-6,10,13,17H,3-4,7-9,11-12H2,1H3,(H,18,21). The van der Waals surface area contributed by atoms with Crippen molar-refractivity contribution in [2.24, 2.45) is 5.92 Å². The zero-order valence-electron chi connectivity index (χ0n) is 14.7. The third-order valence-electron chi connectivity index (χ3n) is 4.38. The van der Waals surface area contributed by atoms with Crippen LogP contribution in [0.5, 0.6) is 0 Å². The van der Waals surface area contributed by atoms with Gasteiger partial charge in [0.25, 0.3) is 5.69 Å². The minimum Gasteiger partial charge on any atom is -0.355 e. The molecule has 2 N–H and O–H groups in total. The van der Waals surface area contributed by atoms with Gasteiger partial charge in [-0.25, -0.2) is 8.42 Å². The zero-order chi connectivity index (χ0) is 19.2. The van der Waals surface area contributed by atoms with Gasteiger partial charge in [-0.1, -0.05) is 6.07 Å². The topological polar surface area (TPSA) is 122 Å². The molecule has 0 radical (unpaired) electrons. The van der Waals surface area contributed by atoms with E-state index in [-0.39, 0.29) is 17.1 Å². The molecule has 0 aliphatic carbocycles. The lowest BCUT2D eigenvalue weighted by Crippen LogP contribution is -2.39. The molecule has 144 valence electrons. The summed E-state index contributed by atoms with van der Waals surface area (Å²) in [4.78, 5) is 21.9. The first kappa shape index (κ1) is 20.3. The molecular formula is C16H24N4O5S. The number of nitrogens with one attached hydrogen (secondary N) is 2. The Morgan fingerprint density at radius 2 is 2.23 bits per heavy atom. The maximum absolute atomic E-state index is 12.5. The molecule has 1 unspecified atom stereocenters. The van der Waals surface area contributed by atoms with Gasteiger partial charge in [0.05, 0.1) is 16.4 Å². The molecule has 0 saturated carbocycles. The van der Waals surface area contributed by atoms with Crippen molar-refractivity contribution >= 4 is 21.6 Å². The molecule has 1 aliphatic heterocycles. The van der Waals surface area contributed by atoms with Crippen LogP contribution < -0.4 is 10.6 Å². The van der Waals surface area contributed by atoms with E-state index in [1.807, 2.05) is 0 Å². The summed E-state index contributed by atoms with van der Waals surface area (Å²) in [6.07, 6.45) is 3.10. The molecule has 9 nitrogen and oxygen atoms in total. The van der Waals surface area contributed by atoms with Crippen LogP contribution in [0.15, 0.2) is 29.2 Å². The number of nitrogens with zero attached hydrogens (tertiary/aromatic N) is 2. The summed E-state index contributed by atoms with van der Waals surface area (Å²) in [5, 5.41) is 16.8. The fourth-order valence-corrected chi connectivity index (χ4v) is 4.03. The summed E-state index contributed by atoms with van der Waals surface area (Å²) in [6.45, 7) is 2.13. The summed E-state index contributed by atoms with van der Waals surface area (Å²) in [5.74, 6) is 0.126. The molecule has 1 amide bonds. The SMILES string of the molecule is CN(CC(=O)NCCC1CCCNC1)S(=O)(=O)c1cccc([N+](=O)[O-])c1. The number of hydrogen-bond acceptors (Lipinski definition) is 6. The molecule has 0 aromatic heterocycles. The lowest BCUT2D eigenvalue weighted by molar-refractivity contribution is -0.385. The Kier molecular flexibility index (Phi) is 7.06. The Morgan fingerprint density at radius 3 is 2.88 bits per heavy atom. The normalized spacial score (nSPS) is 17.8. The van der Waals surface area contributed by atoms with Gasteiger partial charge >= 0.3 is 0 Å². The summed E-state index contributed by atoms with van der Waals surface area (Å²) < 4.78 is 25.8. The highest BCUT2D eigenvalue weighted by atomic mass is 32.2. The van der Waals surface area contributed by atoms with Crippen LogP contribution in [-0.4, -0.2) is 56.8 Å². The van der Waals surface area contributed by atoms with E-state index in [2.05, 4.69) is 10.6 Å².